The first-order chi connectivity index (χ1) is 14.5. The molecule has 0 aliphatic carbocycles. The Morgan fingerprint density at radius 1 is 0.967 bits per heavy atom. The van der Waals surface area contributed by atoms with E-state index < -0.39 is 11.9 Å². The zero-order valence-corrected chi connectivity index (χ0v) is 16.9. The Bertz CT molecular complexity index is 1030. The molecule has 0 aliphatic rings. The van der Waals surface area contributed by atoms with Crippen molar-refractivity contribution >= 4 is 29.2 Å². The summed E-state index contributed by atoms with van der Waals surface area (Å²) in [6, 6.07) is 14.2. The van der Waals surface area contributed by atoms with Gasteiger partial charge in [0.2, 0.25) is 5.88 Å². The first kappa shape index (κ1) is 20.9. The normalized spacial score (nSPS) is 10.1. The lowest BCUT2D eigenvalue weighted by atomic mass is 10.1. The molecule has 0 fully saturated rings. The second-order valence-corrected chi connectivity index (χ2v) is 6.33. The Hall–Kier alpha value is -3.78. The van der Waals surface area contributed by atoms with Gasteiger partial charge in [-0.05, 0) is 36.4 Å². The van der Waals surface area contributed by atoms with Crippen molar-refractivity contribution in [3.8, 4) is 23.1 Å². The van der Waals surface area contributed by atoms with Crippen LogP contribution >= 0.6 is 11.6 Å². The predicted octanol–water partition coefficient (Wildman–Crippen LogP) is 4.51. The number of carbonyl (C=O) groups is 2. The van der Waals surface area contributed by atoms with Gasteiger partial charge in [-0.1, -0.05) is 23.7 Å². The first-order valence-corrected chi connectivity index (χ1v) is 9.10. The second-order valence-electron chi connectivity index (χ2n) is 5.89. The minimum Gasteiger partial charge on any atom is -0.496 e. The van der Waals surface area contributed by atoms with Crippen LogP contribution in [0.25, 0.3) is 0 Å². The van der Waals surface area contributed by atoms with Gasteiger partial charge in [-0.15, -0.1) is 0 Å². The lowest BCUT2D eigenvalue weighted by Crippen LogP contribution is -2.34. The van der Waals surface area contributed by atoms with Crippen LogP contribution in [-0.2, 0) is 0 Å². The number of aromatic nitrogens is 1. The van der Waals surface area contributed by atoms with Gasteiger partial charge in [0, 0.05) is 11.1 Å². The van der Waals surface area contributed by atoms with Crippen LogP contribution in [0, 0.1) is 0 Å². The molecule has 0 aliphatic heterocycles. The van der Waals surface area contributed by atoms with Crippen LogP contribution in [0.1, 0.15) is 10.4 Å². The molecule has 9 heteroatoms. The zero-order valence-electron chi connectivity index (χ0n) is 16.1. The van der Waals surface area contributed by atoms with Gasteiger partial charge < -0.3 is 19.5 Å². The Labute approximate surface area is 177 Å². The highest BCUT2D eigenvalue weighted by molar-refractivity contribution is 6.30. The number of imide groups is 1. The van der Waals surface area contributed by atoms with E-state index in [4.69, 9.17) is 25.8 Å². The molecule has 0 bridgehead atoms. The summed E-state index contributed by atoms with van der Waals surface area (Å²) in [6.07, 6.45) is 1.40. The SMILES string of the molecule is COc1cccc(OC)c1C(=O)NC(=O)Nc1ccc(Oc2cccc(Cl)c2)nc1. The van der Waals surface area contributed by atoms with Gasteiger partial charge in [-0.3, -0.25) is 10.1 Å². The molecule has 154 valence electrons. The van der Waals surface area contributed by atoms with Crippen molar-refractivity contribution < 1.29 is 23.8 Å². The van der Waals surface area contributed by atoms with Crippen LogP contribution in [0.15, 0.2) is 60.8 Å². The van der Waals surface area contributed by atoms with Crippen LogP contribution in [0.3, 0.4) is 0 Å². The number of ether oxygens (including phenoxy) is 3. The summed E-state index contributed by atoms with van der Waals surface area (Å²) in [5.41, 5.74) is 0.479. The molecule has 8 nitrogen and oxygen atoms in total. The summed E-state index contributed by atoms with van der Waals surface area (Å²) in [5, 5.41) is 5.30. The van der Waals surface area contributed by atoms with Gasteiger partial charge in [-0.25, -0.2) is 9.78 Å². The van der Waals surface area contributed by atoms with Crippen molar-refractivity contribution in [2.45, 2.75) is 0 Å². The molecule has 0 spiro atoms. The third-order valence-corrected chi connectivity index (χ3v) is 4.13. The number of methoxy groups -OCH3 is 2. The van der Waals surface area contributed by atoms with Crippen LogP contribution in [0.2, 0.25) is 5.02 Å². The molecule has 0 saturated carbocycles. The van der Waals surface area contributed by atoms with Crippen molar-refractivity contribution in [2.75, 3.05) is 19.5 Å². The molecule has 0 radical (unpaired) electrons. The lowest BCUT2D eigenvalue weighted by molar-refractivity contribution is 0.0961. The van der Waals surface area contributed by atoms with Gasteiger partial charge in [-0.2, -0.15) is 0 Å². The fraction of sp³-hybridized carbons (Fsp3) is 0.0952. The molecule has 0 atom stereocenters. The number of nitrogens with one attached hydrogen (secondary N) is 2. The first-order valence-electron chi connectivity index (χ1n) is 8.73. The van der Waals surface area contributed by atoms with Crippen LogP contribution in [-0.4, -0.2) is 31.1 Å². The molecule has 0 saturated heterocycles. The summed E-state index contributed by atoms with van der Waals surface area (Å²) in [5.74, 6) is 0.742. The Balaban J connectivity index is 1.63. The minimum atomic E-state index is -0.738. The fourth-order valence-corrected chi connectivity index (χ4v) is 2.75. The molecular formula is C21H18ClN3O5. The summed E-state index contributed by atoms with van der Waals surface area (Å²) in [7, 11) is 2.84. The van der Waals surface area contributed by atoms with E-state index in [0.717, 1.165) is 0 Å². The molecule has 1 aromatic heterocycles. The van der Waals surface area contributed by atoms with Gasteiger partial charge in [0.25, 0.3) is 5.91 Å². The Morgan fingerprint density at radius 2 is 1.67 bits per heavy atom. The number of urea groups is 1. The standard InChI is InChI=1S/C21H18ClN3O5/c1-28-16-7-4-8-17(29-2)19(16)20(26)25-21(27)24-14-9-10-18(23-12-14)30-15-6-3-5-13(22)11-15/h3-12H,1-2H3,(H2,24,25,26,27). The maximum absolute atomic E-state index is 12.5. The maximum Gasteiger partial charge on any atom is 0.326 e. The number of hydrogen-bond donors (Lipinski definition) is 2. The van der Waals surface area contributed by atoms with Crippen molar-refractivity contribution in [3.63, 3.8) is 0 Å². The smallest absolute Gasteiger partial charge is 0.326 e. The number of rotatable bonds is 6. The molecule has 3 aromatic rings. The average molecular weight is 428 g/mol. The fourth-order valence-electron chi connectivity index (χ4n) is 2.57. The summed E-state index contributed by atoms with van der Waals surface area (Å²) in [6.45, 7) is 0. The van der Waals surface area contributed by atoms with E-state index in [1.165, 1.54) is 20.4 Å². The highest BCUT2D eigenvalue weighted by atomic mass is 35.5. The number of pyridine rings is 1. The highest BCUT2D eigenvalue weighted by Gasteiger charge is 2.20. The van der Waals surface area contributed by atoms with Crippen LogP contribution in [0.5, 0.6) is 23.1 Å². The number of nitrogens with zero attached hydrogens (tertiary/aromatic N) is 1. The maximum atomic E-state index is 12.5. The monoisotopic (exact) mass is 427 g/mol. The van der Waals surface area contributed by atoms with Crippen molar-refractivity contribution in [2.24, 2.45) is 0 Å². The molecule has 1 heterocycles. The second kappa shape index (κ2) is 9.62. The number of benzene rings is 2. The average Bonchev–Trinajstić information content (AvgIpc) is 2.74. The summed E-state index contributed by atoms with van der Waals surface area (Å²) >= 11 is 5.92. The minimum absolute atomic E-state index is 0.112. The number of anilines is 1. The number of hydrogen-bond acceptors (Lipinski definition) is 6. The Kier molecular flexibility index (Phi) is 6.71. The Morgan fingerprint density at radius 3 is 2.27 bits per heavy atom. The van der Waals surface area contributed by atoms with Crippen molar-refractivity contribution in [3.05, 3.63) is 71.4 Å². The molecule has 3 amide bonds. The van der Waals surface area contributed by atoms with E-state index >= 15 is 0 Å². The number of amides is 3. The van der Waals surface area contributed by atoms with E-state index in [9.17, 15) is 9.59 Å². The summed E-state index contributed by atoms with van der Waals surface area (Å²) in [4.78, 5) is 28.8. The third kappa shape index (κ3) is 5.18. The van der Waals surface area contributed by atoms with Gasteiger partial charge in [0.05, 0.1) is 26.1 Å². The third-order valence-electron chi connectivity index (χ3n) is 3.89. The number of halogens is 1. The predicted molar refractivity (Wildman–Crippen MR) is 112 cm³/mol. The molecule has 2 aromatic carbocycles. The molecule has 30 heavy (non-hydrogen) atoms. The van der Waals surface area contributed by atoms with E-state index in [1.54, 1.807) is 54.6 Å². The van der Waals surface area contributed by atoms with Crippen molar-refractivity contribution in [1.82, 2.24) is 10.3 Å². The van der Waals surface area contributed by atoms with Crippen LogP contribution < -0.4 is 24.8 Å². The summed E-state index contributed by atoms with van der Waals surface area (Å²) < 4.78 is 15.9. The largest absolute Gasteiger partial charge is 0.496 e. The van der Waals surface area contributed by atoms with E-state index in [1.807, 2.05) is 0 Å². The molecule has 0 unspecified atom stereocenters. The number of carbonyl (C=O) groups excluding carboxylic acids is 2. The topological polar surface area (TPSA) is 98.8 Å². The van der Waals surface area contributed by atoms with Gasteiger partial charge in [0.1, 0.15) is 22.8 Å². The van der Waals surface area contributed by atoms with E-state index in [0.29, 0.717) is 22.3 Å². The van der Waals surface area contributed by atoms with Gasteiger partial charge in [0.15, 0.2) is 0 Å². The zero-order chi connectivity index (χ0) is 21.5. The molecule has 3 rings (SSSR count). The van der Waals surface area contributed by atoms with Crippen molar-refractivity contribution in [1.29, 1.82) is 0 Å². The highest BCUT2D eigenvalue weighted by Crippen LogP contribution is 2.28. The molecular weight excluding hydrogens is 410 g/mol. The van der Waals surface area contributed by atoms with E-state index in [-0.39, 0.29) is 17.1 Å². The molecule has 2 N–H and O–H groups in total. The van der Waals surface area contributed by atoms with E-state index in [2.05, 4.69) is 15.6 Å². The quantitative estimate of drug-likeness (QED) is 0.600. The van der Waals surface area contributed by atoms with Gasteiger partial charge >= 0.3 is 6.03 Å². The van der Waals surface area contributed by atoms with Crippen LogP contribution in [0.4, 0.5) is 10.5 Å². The lowest BCUT2D eigenvalue weighted by Gasteiger charge is -2.13.